The number of hydrogen-bond donors (Lipinski definition) is 2. The molecule has 6 heteroatoms. The maximum absolute atomic E-state index is 12.6. The van der Waals surface area contributed by atoms with Crippen LogP contribution in [-0.4, -0.2) is 14.3 Å². The minimum Gasteiger partial charge on any atom is -0.326 e. The number of carbonyl (C=O) groups excluding carboxylic acids is 1. The second-order valence-corrected chi connectivity index (χ2v) is 9.10. The molecule has 2 aromatic rings. The van der Waals surface area contributed by atoms with Gasteiger partial charge in [0, 0.05) is 17.8 Å². The molecule has 0 aromatic heterocycles. The second-order valence-electron chi connectivity index (χ2n) is 7.42. The number of anilines is 2. The first-order chi connectivity index (χ1) is 13.9. The predicted octanol–water partition coefficient (Wildman–Crippen LogP) is 5.88. The maximum atomic E-state index is 12.6. The highest BCUT2D eigenvalue weighted by atomic mass is 32.2. The molecule has 0 radical (unpaired) electrons. The molecule has 0 spiro atoms. The van der Waals surface area contributed by atoms with E-state index in [0.717, 1.165) is 24.8 Å². The first kappa shape index (κ1) is 22.9. The Labute approximate surface area is 175 Å². The van der Waals surface area contributed by atoms with E-state index in [1.165, 1.54) is 37.8 Å². The third-order valence-electron chi connectivity index (χ3n) is 4.74. The van der Waals surface area contributed by atoms with Crippen LogP contribution in [0.5, 0.6) is 0 Å². The van der Waals surface area contributed by atoms with Crippen molar-refractivity contribution in [3.8, 4) is 0 Å². The summed E-state index contributed by atoms with van der Waals surface area (Å²) < 4.78 is 27.8. The minimum absolute atomic E-state index is 0.0837. The van der Waals surface area contributed by atoms with E-state index in [2.05, 4.69) is 17.0 Å². The minimum atomic E-state index is -3.72. The second kappa shape index (κ2) is 11.6. The SMILES string of the molecule is CCCCCCCCCC(=O)Nc1cccc(S(=O)(=O)Nc2ccc(C)cc2)c1. The van der Waals surface area contributed by atoms with Gasteiger partial charge < -0.3 is 5.32 Å². The van der Waals surface area contributed by atoms with Gasteiger partial charge in [-0.05, 0) is 43.7 Å². The fourth-order valence-corrected chi connectivity index (χ4v) is 4.15. The summed E-state index contributed by atoms with van der Waals surface area (Å²) in [6.45, 7) is 4.14. The summed E-state index contributed by atoms with van der Waals surface area (Å²) in [7, 11) is -3.72. The number of nitrogens with one attached hydrogen (secondary N) is 2. The molecule has 0 aliphatic rings. The van der Waals surface area contributed by atoms with Gasteiger partial charge in [0.2, 0.25) is 5.91 Å². The van der Waals surface area contributed by atoms with E-state index >= 15 is 0 Å². The van der Waals surface area contributed by atoms with Crippen molar-refractivity contribution in [2.45, 2.75) is 70.1 Å². The summed E-state index contributed by atoms with van der Waals surface area (Å²) >= 11 is 0. The number of carbonyl (C=O) groups is 1. The largest absolute Gasteiger partial charge is 0.326 e. The van der Waals surface area contributed by atoms with E-state index in [9.17, 15) is 13.2 Å². The van der Waals surface area contributed by atoms with Gasteiger partial charge in [-0.2, -0.15) is 0 Å². The molecule has 0 saturated carbocycles. The first-order valence-corrected chi connectivity index (χ1v) is 11.9. The third kappa shape index (κ3) is 8.28. The van der Waals surface area contributed by atoms with Crippen molar-refractivity contribution in [2.24, 2.45) is 0 Å². The van der Waals surface area contributed by atoms with Crippen LogP contribution in [0.4, 0.5) is 11.4 Å². The van der Waals surface area contributed by atoms with Crippen LogP contribution in [0.3, 0.4) is 0 Å². The monoisotopic (exact) mass is 416 g/mol. The first-order valence-electron chi connectivity index (χ1n) is 10.4. The lowest BCUT2D eigenvalue weighted by Gasteiger charge is -2.10. The number of aryl methyl sites for hydroxylation is 1. The number of sulfonamides is 1. The number of benzene rings is 2. The average Bonchev–Trinajstić information content (AvgIpc) is 2.69. The van der Waals surface area contributed by atoms with Gasteiger partial charge in [0.15, 0.2) is 0 Å². The highest BCUT2D eigenvalue weighted by molar-refractivity contribution is 7.92. The van der Waals surface area contributed by atoms with E-state index < -0.39 is 10.0 Å². The normalized spacial score (nSPS) is 11.2. The van der Waals surface area contributed by atoms with Crippen LogP contribution < -0.4 is 10.0 Å². The van der Waals surface area contributed by atoms with Crippen LogP contribution in [0, 0.1) is 6.92 Å². The van der Waals surface area contributed by atoms with Crippen molar-refractivity contribution in [2.75, 3.05) is 10.0 Å². The Hall–Kier alpha value is -2.34. The Balaban J connectivity index is 1.86. The Morgan fingerprint density at radius 1 is 0.862 bits per heavy atom. The molecular weight excluding hydrogens is 384 g/mol. The summed E-state index contributed by atoms with van der Waals surface area (Å²) in [5.41, 5.74) is 2.05. The highest BCUT2D eigenvalue weighted by Crippen LogP contribution is 2.20. The van der Waals surface area contributed by atoms with Crippen molar-refractivity contribution in [1.82, 2.24) is 0 Å². The fourth-order valence-electron chi connectivity index (χ4n) is 3.04. The number of unbranched alkanes of at least 4 members (excludes halogenated alkanes) is 6. The van der Waals surface area contributed by atoms with Crippen molar-refractivity contribution in [1.29, 1.82) is 0 Å². The molecule has 0 atom stereocenters. The molecule has 0 bridgehead atoms. The van der Waals surface area contributed by atoms with Crippen LogP contribution in [0.25, 0.3) is 0 Å². The molecule has 0 aliphatic carbocycles. The lowest BCUT2D eigenvalue weighted by atomic mass is 10.1. The summed E-state index contributed by atoms with van der Waals surface area (Å²) in [4.78, 5) is 12.3. The van der Waals surface area contributed by atoms with Crippen LogP contribution in [0.15, 0.2) is 53.4 Å². The topological polar surface area (TPSA) is 75.3 Å². The van der Waals surface area contributed by atoms with Gasteiger partial charge in [-0.1, -0.05) is 69.2 Å². The Morgan fingerprint density at radius 2 is 1.52 bits per heavy atom. The van der Waals surface area contributed by atoms with E-state index in [-0.39, 0.29) is 10.8 Å². The molecule has 0 heterocycles. The van der Waals surface area contributed by atoms with Crippen LogP contribution in [0.1, 0.15) is 63.9 Å². The van der Waals surface area contributed by atoms with Gasteiger partial charge in [-0.3, -0.25) is 9.52 Å². The van der Waals surface area contributed by atoms with Gasteiger partial charge in [0.05, 0.1) is 4.90 Å². The third-order valence-corrected chi connectivity index (χ3v) is 6.12. The highest BCUT2D eigenvalue weighted by Gasteiger charge is 2.15. The van der Waals surface area contributed by atoms with Crippen LogP contribution in [-0.2, 0) is 14.8 Å². The molecule has 0 fully saturated rings. The molecule has 2 aromatic carbocycles. The van der Waals surface area contributed by atoms with E-state index in [1.54, 1.807) is 24.3 Å². The summed E-state index contributed by atoms with van der Waals surface area (Å²) in [5.74, 6) is -0.0837. The number of hydrogen-bond acceptors (Lipinski definition) is 3. The van der Waals surface area contributed by atoms with Gasteiger partial charge in [-0.15, -0.1) is 0 Å². The van der Waals surface area contributed by atoms with Crippen molar-refractivity contribution < 1.29 is 13.2 Å². The van der Waals surface area contributed by atoms with Gasteiger partial charge in [-0.25, -0.2) is 8.42 Å². The number of rotatable bonds is 12. The molecule has 0 aliphatic heterocycles. The van der Waals surface area contributed by atoms with E-state index in [4.69, 9.17) is 0 Å². The Kier molecular flexibility index (Phi) is 9.19. The van der Waals surface area contributed by atoms with Crippen molar-refractivity contribution in [3.63, 3.8) is 0 Å². The predicted molar refractivity (Wildman–Crippen MR) is 120 cm³/mol. The van der Waals surface area contributed by atoms with Crippen molar-refractivity contribution >= 4 is 27.3 Å². The molecule has 2 rings (SSSR count). The molecule has 1 amide bonds. The van der Waals surface area contributed by atoms with Gasteiger partial charge >= 0.3 is 0 Å². The quantitative estimate of drug-likeness (QED) is 0.425. The van der Waals surface area contributed by atoms with Crippen molar-refractivity contribution in [3.05, 3.63) is 54.1 Å². The standard InChI is InChI=1S/C23H32N2O3S/c1-3-4-5-6-7-8-9-13-23(26)24-21-11-10-12-22(18-21)29(27,28)25-20-16-14-19(2)15-17-20/h10-12,14-18,25H,3-9,13H2,1-2H3,(H,24,26). The Bertz CT molecular complexity index is 877. The maximum Gasteiger partial charge on any atom is 0.261 e. The van der Waals surface area contributed by atoms with Crippen LogP contribution in [0.2, 0.25) is 0 Å². The fraction of sp³-hybridized carbons (Fsp3) is 0.435. The molecule has 5 nitrogen and oxygen atoms in total. The van der Waals surface area contributed by atoms with Gasteiger partial charge in [0.1, 0.15) is 0 Å². The molecular formula is C23H32N2O3S. The summed E-state index contributed by atoms with van der Waals surface area (Å²) in [6.07, 6.45) is 8.51. The molecule has 0 unspecified atom stereocenters. The zero-order chi connectivity index (χ0) is 21.1. The lowest BCUT2D eigenvalue weighted by molar-refractivity contribution is -0.116. The zero-order valence-corrected chi connectivity index (χ0v) is 18.2. The van der Waals surface area contributed by atoms with Crippen LogP contribution >= 0.6 is 0 Å². The van der Waals surface area contributed by atoms with Gasteiger partial charge in [0.25, 0.3) is 10.0 Å². The zero-order valence-electron chi connectivity index (χ0n) is 17.4. The smallest absolute Gasteiger partial charge is 0.261 e. The summed E-state index contributed by atoms with van der Waals surface area (Å²) in [5, 5.41) is 2.81. The summed E-state index contributed by atoms with van der Waals surface area (Å²) in [6, 6.07) is 13.5. The van der Waals surface area contributed by atoms with E-state index in [0.29, 0.717) is 17.8 Å². The molecule has 158 valence electrons. The molecule has 0 saturated heterocycles. The molecule has 2 N–H and O–H groups in total. The lowest BCUT2D eigenvalue weighted by Crippen LogP contribution is -2.15. The number of amides is 1. The van der Waals surface area contributed by atoms with E-state index in [1.807, 2.05) is 19.1 Å². The Morgan fingerprint density at radius 3 is 2.21 bits per heavy atom. The molecule has 29 heavy (non-hydrogen) atoms. The average molecular weight is 417 g/mol.